The molecular weight excluding hydrogens is 160 g/mol. The fourth-order valence-electron chi connectivity index (χ4n) is 3.10. The average Bonchev–Trinajstić information content (AvgIpc) is 2.17. The van der Waals surface area contributed by atoms with E-state index < -0.39 is 0 Å². The van der Waals surface area contributed by atoms with Gasteiger partial charge in [-0.15, -0.1) is 0 Å². The highest BCUT2D eigenvalue weighted by Gasteiger charge is 2.35. The number of piperidine rings is 1. The van der Waals surface area contributed by atoms with Gasteiger partial charge >= 0.3 is 0 Å². The van der Waals surface area contributed by atoms with Crippen LogP contribution in [0.3, 0.4) is 0 Å². The van der Waals surface area contributed by atoms with Gasteiger partial charge in [-0.25, -0.2) is 0 Å². The van der Waals surface area contributed by atoms with E-state index in [9.17, 15) is 0 Å². The van der Waals surface area contributed by atoms with Gasteiger partial charge in [-0.1, -0.05) is 6.42 Å². The van der Waals surface area contributed by atoms with Crippen LogP contribution < -0.4 is 5.32 Å². The highest BCUT2D eigenvalue weighted by molar-refractivity contribution is 4.93. The predicted octanol–water partition coefficient (Wildman–Crippen LogP) is 1.47. The fraction of sp³-hybridized carbons (Fsp3) is 1.00. The van der Waals surface area contributed by atoms with Crippen LogP contribution in [0, 0.1) is 5.92 Å². The minimum absolute atomic E-state index is 0.789. The normalized spacial score (nSPS) is 40.4. The van der Waals surface area contributed by atoms with Crippen molar-refractivity contribution in [3.05, 3.63) is 0 Å². The Morgan fingerprint density at radius 3 is 2.62 bits per heavy atom. The van der Waals surface area contributed by atoms with Crippen molar-refractivity contribution < 1.29 is 0 Å². The number of nitrogens with one attached hydrogen (secondary N) is 1. The van der Waals surface area contributed by atoms with E-state index >= 15 is 0 Å². The molecule has 0 spiro atoms. The van der Waals surface area contributed by atoms with Crippen LogP contribution in [0.4, 0.5) is 0 Å². The van der Waals surface area contributed by atoms with Crippen LogP contribution in [0.5, 0.6) is 0 Å². The zero-order valence-electron chi connectivity index (χ0n) is 8.92. The van der Waals surface area contributed by atoms with Crippen LogP contribution in [0.15, 0.2) is 0 Å². The van der Waals surface area contributed by atoms with Gasteiger partial charge in [-0.05, 0) is 52.2 Å². The first-order valence-corrected chi connectivity index (χ1v) is 5.69. The van der Waals surface area contributed by atoms with Gasteiger partial charge in [0.25, 0.3) is 0 Å². The highest BCUT2D eigenvalue weighted by atomic mass is 15.1. The van der Waals surface area contributed by atoms with E-state index in [0.29, 0.717) is 0 Å². The van der Waals surface area contributed by atoms with Crippen molar-refractivity contribution in [1.29, 1.82) is 0 Å². The van der Waals surface area contributed by atoms with E-state index in [1.165, 1.54) is 38.6 Å². The van der Waals surface area contributed by atoms with E-state index in [1.807, 2.05) is 0 Å². The standard InChI is InChI=1S/C11H22N2/c1-13(2)10-7-3-5-9-6-4-8-12-11(9)10/h9-12H,3-8H2,1-2H3. The monoisotopic (exact) mass is 182 g/mol. The van der Waals surface area contributed by atoms with Crippen molar-refractivity contribution >= 4 is 0 Å². The van der Waals surface area contributed by atoms with E-state index in [2.05, 4.69) is 24.3 Å². The maximum atomic E-state index is 3.71. The molecule has 2 aliphatic rings. The van der Waals surface area contributed by atoms with E-state index in [1.54, 1.807) is 0 Å². The van der Waals surface area contributed by atoms with Crippen LogP contribution in [0.25, 0.3) is 0 Å². The van der Waals surface area contributed by atoms with Gasteiger partial charge in [0.15, 0.2) is 0 Å². The highest BCUT2D eigenvalue weighted by Crippen LogP contribution is 2.32. The van der Waals surface area contributed by atoms with Crippen molar-refractivity contribution in [2.24, 2.45) is 5.92 Å². The Bertz CT molecular complexity index is 165. The first kappa shape index (κ1) is 9.47. The maximum absolute atomic E-state index is 3.71. The predicted molar refractivity (Wildman–Crippen MR) is 55.8 cm³/mol. The molecule has 1 saturated carbocycles. The molecule has 0 amide bonds. The first-order valence-electron chi connectivity index (χ1n) is 5.69. The summed E-state index contributed by atoms with van der Waals surface area (Å²) in [6, 6.07) is 1.58. The summed E-state index contributed by atoms with van der Waals surface area (Å²) in [6.07, 6.45) is 7.14. The van der Waals surface area contributed by atoms with Crippen LogP contribution in [-0.2, 0) is 0 Å². The summed E-state index contributed by atoms with van der Waals surface area (Å²) in [5, 5.41) is 3.71. The van der Waals surface area contributed by atoms with Crippen molar-refractivity contribution in [2.45, 2.75) is 44.2 Å². The lowest BCUT2D eigenvalue weighted by Crippen LogP contribution is -2.55. The molecule has 76 valence electrons. The van der Waals surface area contributed by atoms with E-state index in [4.69, 9.17) is 0 Å². The molecule has 0 bridgehead atoms. The molecule has 2 rings (SSSR count). The van der Waals surface area contributed by atoms with Crippen LogP contribution >= 0.6 is 0 Å². The molecule has 1 saturated heterocycles. The van der Waals surface area contributed by atoms with Gasteiger partial charge in [0.1, 0.15) is 0 Å². The molecule has 1 N–H and O–H groups in total. The molecule has 2 nitrogen and oxygen atoms in total. The van der Waals surface area contributed by atoms with E-state index in [0.717, 1.165) is 18.0 Å². The van der Waals surface area contributed by atoms with E-state index in [-0.39, 0.29) is 0 Å². The molecule has 0 aromatic heterocycles. The van der Waals surface area contributed by atoms with Crippen LogP contribution in [0.1, 0.15) is 32.1 Å². The summed E-state index contributed by atoms with van der Waals surface area (Å²) < 4.78 is 0. The number of rotatable bonds is 1. The molecule has 3 atom stereocenters. The summed E-state index contributed by atoms with van der Waals surface area (Å²) >= 11 is 0. The van der Waals surface area contributed by atoms with Crippen LogP contribution in [0.2, 0.25) is 0 Å². The number of hydrogen-bond donors (Lipinski definition) is 1. The minimum atomic E-state index is 0.789. The summed E-state index contributed by atoms with van der Waals surface area (Å²) in [5.41, 5.74) is 0. The number of fused-ring (bicyclic) bond motifs is 1. The molecule has 2 heteroatoms. The summed E-state index contributed by atoms with van der Waals surface area (Å²) in [4.78, 5) is 2.41. The molecule has 1 aliphatic carbocycles. The Kier molecular flexibility index (Phi) is 2.89. The lowest BCUT2D eigenvalue weighted by molar-refractivity contribution is 0.105. The minimum Gasteiger partial charge on any atom is -0.312 e. The second-order valence-corrected chi connectivity index (χ2v) is 4.84. The largest absolute Gasteiger partial charge is 0.312 e. The zero-order chi connectivity index (χ0) is 9.26. The third kappa shape index (κ3) is 1.89. The lowest BCUT2D eigenvalue weighted by Gasteiger charge is -2.44. The van der Waals surface area contributed by atoms with Gasteiger partial charge in [-0.3, -0.25) is 0 Å². The van der Waals surface area contributed by atoms with Crippen molar-refractivity contribution in [3.8, 4) is 0 Å². The number of hydrogen-bond acceptors (Lipinski definition) is 2. The Balaban J connectivity index is 2.02. The maximum Gasteiger partial charge on any atom is 0.0251 e. The lowest BCUT2D eigenvalue weighted by atomic mass is 9.76. The summed E-state index contributed by atoms with van der Waals surface area (Å²) in [6.45, 7) is 1.24. The summed E-state index contributed by atoms with van der Waals surface area (Å²) in [5.74, 6) is 0.967. The fourth-order valence-corrected chi connectivity index (χ4v) is 3.10. The second kappa shape index (κ2) is 3.97. The Morgan fingerprint density at radius 2 is 1.85 bits per heavy atom. The van der Waals surface area contributed by atoms with Gasteiger partial charge in [0.2, 0.25) is 0 Å². The van der Waals surface area contributed by atoms with Crippen molar-refractivity contribution in [3.63, 3.8) is 0 Å². The van der Waals surface area contributed by atoms with Gasteiger partial charge in [0, 0.05) is 12.1 Å². The zero-order valence-corrected chi connectivity index (χ0v) is 8.92. The third-order valence-electron chi connectivity index (χ3n) is 3.79. The summed E-state index contributed by atoms with van der Waals surface area (Å²) in [7, 11) is 4.45. The molecule has 3 unspecified atom stereocenters. The molecule has 0 aromatic carbocycles. The number of nitrogens with zero attached hydrogens (tertiary/aromatic N) is 1. The molecule has 1 heterocycles. The second-order valence-electron chi connectivity index (χ2n) is 4.84. The van der Waals surface area contributed by atoms with Gasteiger partial charge in [0.05, 0.1) is 0 Å². The first-order chi connectivity index (χ1) is 6.29. The quantitative estimate of drug-likeness (QED) is 0.660. The SMILES string of the molecule is CN(C)C1CCCC2CCCNC21. The Labute approximate surface area is 81.7 Å². The molecular formula is C11H22N2. The molecule has 0 aromatic rings. The smallest absolute Gasteiger partial charge is 0.0251 e. The number of likely N-dealkylation sites (N-methyl/N-ethyl adjacent to an activating group) is 1. The van der Waals surface area contributed by atoms with Crippen molar-refractivity contribution in [2.75, 3.05) is 20.6 Å². The topological polar surface area (TPSA) is 15.3 Å². The Morgan fingerprint density at radius 1 is 1.08 bits per heavy atom. The average molecular weight is 182 g/mol. The van der Waals surface area contributed by atoms with Crippen LogP contribution in [-0.4, -0.2) is 37.6 Å². The Hall–Kier alpha value is -0.0800. The van der Waals surface area contributed by atoms with Crippen molar-refractivity contribution in [1.82, 2.24) is 10.2 Å². The molecule has 13 heavy (non-hydrogen) atoms. The third-order valence-corrected chi connectivity index (χ3v) is 3.79. The molecule has 0 radical (unpaired) electrons. The molecule has 1 aliphatic heterocycles. The molecule has 2 fully saturated rings. The van der Waals surface area contributed by atoms with Gasteiger partial charge < -0.3 is 10.2 Å². The van der Waals surface area contributed by atoms with Gasteiger partial charge in [-0.2, -0.15) is 0 Å².